The zero-order valence-electron chi connectivity index (χ0n) is 22.6. The van der Waals surface area contributed by atoms with Crippen LogP contribution in [-0.4, -0.2) is 25.0 Å². The smallest absolute Gasteiger partial charge is 0.351 e. The highest BCUT2D eigenvalue weighted by Gasteiger charge is 2.53. The normalized spacial score (nSPS) is 16.9. The summed E-state index contributed by atoms with van der Waals surface area (Å²) in [6.07, 6.45) is 6.23. The van der Waals surface area contributed by atoms with Crippen LogP contribution < -0.4 is 15.1 Å². The summed E-state index contributed by atoms with van der Waals surface area (Å²) in [5.74, 6) is -0.657. The van der Waals surface area contributed by atoms with E-state index in [9.17, 15) is 19.2 Å². The van der Waals surface area contributed by atoms with Crippen LogP contribution in [0.1, 0.15) is 55.6 Å². The summed E-state index contributed by atoms with van der Waals surface area (Å²) in [5, 5.41) is 0.298. The molecule has 0 aliphatic carbocycles. The Bertz CT molecular complexity index is 1640. The number of fused-ring (bicyclic) bond motifs is 6. The molecule has 2 aliphatic rings. The Kier molecular flexibility index (Phi) is 8.04. The van der Waals surface area contributed by atoms with Gasteiger partial charge in [0.25, 0.3) is 6.47 Å². The monoisotopic (exact) mass is 544 g/mol. The highest BCUT2D eigenvalue weighted by molar-refractivity contribution is 5.98. The van der Waals surface area contributed by atoms with Gasteiger partial charge in [0.15, 0.2) is 5.60 Å². The van der Waals surface area contributed by atoms with Crippen LogP contribution >= 0.6 is 0 Å². The van der Waals surface area contributed by atoms with E-state index < -0.39 is 23.2 Å². The van der Waals surface area contributed by atoms with Crippen molar-refractivity contribution in [2.75, 3.05) is 6.61 Å². The predicted octanol–water partition coefficient (Wildman–Crippen LogP) is 5.89. The van der Waals surface area contributed by atoms with Gasteiger partial charge in [0.1, 0.15) is 28.4 Å². The fourth-order valence-electron chi connectivity index (χ4n) is 4.69. The van der Waals surface area contributed by atoms with Gasteiger partial charge in [-0.05, 0) is 57.5 Å². The maximum absolute atomic E-state index is 13.0. The molecule has 3 aromatic rings. The molecular formula is C31H28O9. The van der Waals surface area contributed by atoms with Gasteiger partial charge in [-0.15, -0.1) is 6.58 Å². The maximum Gasteiger partial charge on any atom is 0.351 e. The lowest BCUT2D eigenvalue weighted by molar-refractivity contribution is -0.145. The van der Waals surface area contributed by atoms with Crippen LogP contribution in [0.25, 0.3) is 11.0 Å². The number of ether oxygens (including phenoxy) is 4. The summed E-state index contributed by atoms with van der Waals surface area (Å²) in [7, 11) is 0. The van der Waals surface area contributed by atoms with Gasteiger partial charge in [-0.25, -0.2) is 14.4 Å². The number of benzene rings is 2. The Balaban J connectivity index is 0.00000118. The molecule has 1 atom stereocenters. The molecule has 9 heteroatoms. The van der Waals surface area contributed by atoms with Crippen molar-refractivity contribution in [3.05, 3.63) is 99.5 Å². The number of hydrogen-bond donors (Lipinski definition) is 0. The number of allylic oxidation sites excluding steroid dienone is 2. The van der Waals surface area contributed by atoms with Gasteiger partial charge in [-0.2, -0.15) is 0 Å². The Morgan fingerprint density at radius 3 is 2.50 bits per heavy atom. The molecule has 9 nitrogen and oxygen atoms in total. The predicted molar refractivity (Wildman–Crippen MR) is 147 cm³/mol. The lowest BCUT2D eigenvalue weighted by Crippen LogP contribution is -2.34. The minimum Gasteiger partial charge on any atom is -0.462 e. The van der Waals surface area contributed by atoms with Gasteiger partial charge in [-0.1, -0.05) is 25.2 Å². The van der Waals surface area contributed by atoms with Crippen molar-refractivity contribution >= 4 is 29.4 Å². The number of hydrogen-bond acceptors (Lipinski definition) is 9. The fraction of sp³-hybridized carbons (Fsp3) is 0.226. The van der Waals surface area contributed by atoms with Crippen molar-refractivity contribution in [2.24, 2.45) is 0 Å². The number of carbonyl (C=O) groups excluding carboxylic acids is 3. The molecule has 1 spiro atoms. The average molecular weight is 545 g/mol. The average Bonchev–Trinajstić information content (AvgIpc) is 3.17. The van der Waals surface area contributed by atoms with E-state index in [4.69, 9.17) is 23.4 Å². The van der Waals surface area contributed by atoms with E-state index in [0.29, 0.717) is 34.1 Å². The quantitative estimate of drug-likeness (QED) is 0.162. The molecule has 1 unspecified atom stereocenters. The van der Waals surface area contributed by atoms with E-state index in [1.54, 1.807) is 44.2 Å². The van der Waals surface area contributed by atoms with Crippen molar-refractivity contribution in [2.45, 2.75) is 39.7 Å². The molecule has 0 saturated heterocycles. The summed E-state index contributed by atoms with van der Waals surface area (Å²) in [4.78, 5) is 48.9. The minimum absolute atomic E-state index is 0.0723. The first kappa shape index (κ1) is 28.1. The van der Waals surface area contributed by atoms with E-state index in [1.165, 1.54) is 12.1 Å². The van der Waals surface area contributed by atoms with Crippen LogP contribution in [0.3, 0.4) is 0 Å². The van der Waals surface area contributed by atoms with Gasteiger partial charge in [0, 0.05) is 28.3 Å². The summed E-state index contributed by atoms with van der Waals surface area (Å²) in [6, 6.07) is 9.31. The molecule has 40 heavy (non-hydrogen) atoms. The Hall–Kier alpha value is -4.92. The summed E-state index contributed by atoms with van der Waals surface area (Å²) < 4.78 is 27.8. The summed E-state index contributed by atoms with van der Waals surface area (Å²) >= 11 is 0. The second-order valence-electron chi connectivity index (χ2n) is 8.82. The third-order valence-corrected chi connectivity index (χ3v) is 6.33. The summed E-state index contributed by atoms with van der Waals surface area (Å²) in [5.41, 5.74) is -0.378. The molecule has 206 valence electrons. The molecule has 5 rings (SSSR count). The molecule has 3 heterocycles. The lowest BCUT2D eigenvalue weighted by Gasteiger charge is -2.37. The first-order valence-electron chi connectivity index (χ1n) is 12.7. The molecule has 0 bridgehead atoms. The van der Waals surface area contributed by atoms with Crippen LogP contribution in [0, 0.1) is 0 Å². The van der Waals surface area contributed by atoms with E-state index >= 15 is 0 Å². The van der Waals surface area contributed by atoms with Crippen molar-refractivity contribution in [1.29, 1.82) is 0 Å². The molecular weight excluding hydrogens is 516 g/mol. The van der Waals surface area contributed by atoms with Crippen molar-refractivity contribution < 1.29 is 37.7 Å². The van der Waals surface area contributed by atoms with Crippen molar-refractivity contribution in [3.63, 3.8) is 0 Å². The SMILES string of the molecule is C=CC.CC/C=C\C1=C(C)C(=O)OC12c1ccc(OC=O)cc1Oc1c2ccc2oc(=O)c(C(=O)OCC)cc12. The molecule has 0 saturated carbocycles. The van der Waals surface area contributed by atoms with Crippen molar-refractivity contribution in [3.8, 4) is 17.2 Å². The molecule has 0 radical (unpaired) electrons. The van der Waals surface area contributed by atoms with Crippen LogP contribution in [0.2, 0.25) is 0 Å². The largest absolute Gasteiger partial charge is 0.462 e. The molecule has 0 N–H and O–H groups in total. The Morgan fingerprint density at radius 2 is 1.82 bits per heavy atom. The summed E-state index contributed by atoms with van der Waals surface area (Å²) in [6.45, 7) is 10.9. The van der Waals surface area contributed by atoms with Crippen LogP contribution in [0.5, 0.6) is 17.2 Å². The zero-order valence-corrected chi connectivity index (χ0v) is 22.6. The maximum atomic E-state index is 13.0. The highest BCUT2D eigenvalue weighted by atomic mass is 16.6. The molecule has 2 aromatic carbocycles. The third kappa shape index (κ3) is 4.59. The third-order valence-electron chi connectivity index (χ3n) is 6.33. The van der Waals surface area contributed by atoms with E-state index in [1.807, 2.05) is 26.0 Å². The minimum atomic E-state index is -1.40. The molecule has 0 amide bonds. The standard InChI is InChI=1S/C28H22O9.C3H6/c1-4-6-7-19-15(3)25(30)37-28(19)20-9-8-16(34-14-29)12-23(20)35-24-17-13-18(26(31)33-5-2)27(32)36-22(17)11-10-21(24)28;1-3-2/h6-14H,4-5H2,1-3H3;3H,1H2,2H3/b7-6-;. The van der Waals surface area contributed by atoms with Crippen LogP contribution in [-0.2, 0) is 24.7 Å². The topological polar surface area (TPSA) is 118 Å². The fourth-order valence-corrected chi connectivity index (χ4v) is 4.69. The second kappa shape index (κ2) is 11.4. The number of esters is 2. The Labute approximate surface area is 230 Å². The van der Waals surface area contributed by atoms with E-state index in [2.05, 4.69) is 6.58 Å². The van der Waals surface area contributed by atoms with E-state index in [-0.39, 0.29) is 35.0 Å². The first-order chi connectivity index (χ1) is 19.3. The van der Waals surface area contributed by atoms with Crippen LogP contribution in [0.4, 0.5) is 0 Å². The Morgan fingerprint density at radius 1 is 1.10 bits per heavy atom. The van der Waals surface area contributed by atoms with Crippen LogP contribution in [0.15, 0.2) is 81.6 Å². The number of carbonyl (C=O) groups is 3. The van der Waals surface area contributed by atoms with Gasteiger partial charge < -0.3 is 23.4 Å². The van der Waals surface area contributed by atoms with Gasteiger partial charge in [-0.3, -0.25) is 4.79 Å². The van der Waals surface area contributed by atoms with Gasteiger partial charge in [0.05, 0.1) is 12.0 Å². The molecule has 2 aliphatic heterocycles. The van der Waals surface area contributed by atoms with Gasteiger partial charge in [0.2, 0.25) is 0 Å². The molecule has 1 aromatic heterocycles. The molecule has 0 fully saturated rings. The lowest BCUT2D eigenvalue weighted by atomic mass is 9.76. The zero-order chi connectivity index (χ0) is 29.0. The first-order valence-corrected chi connectivity index (χ1v) is 12.7. The second-order valence-corrected chi connectivity index (χ2v) is 8.82. The highest BCUT2D eigenvalue weighted by Crippen LogP contribution is 2.58. The van der Waals surface area contributed by atoms with Crippen molar-refractivity contribution in [1.82, 2.24) is 0 Å². The van der Waals surface area contributed by atoms with E-state index in [0.717, 1.165) is 6.42 Å². The van der Waals surface area contributed by atoms with Gasteiger partial charge >= 0.3 is 17.6 Å². The number of rotatable bonds is 6.